The molecule has 8 heteroatoms. The molecule has 1 atom stereocenters. The van der Waals surface area contributed by atoms with E-state index in [-0.39, 0.29) is 29.9 Å². The molecule has 1 aliphatic heterocycles. The van der Waals surface area contributed by atoms with Crippen LogP contribution in [0, 0.1) is 0 Å². The molecule has 1 N–H and O–H groups in total. The minimum atomic E-state index is -3.45. The minimum Gasteiger partial charge on any atom is -0.456 e. The SMILES string of the molecule is CCC[C@H](C)NC(=O)COC(=O)CCc1ccc(S(=O)(=O)N2CCCCC2)cc1. The van der Waals surface area contributed by atoms with Crippen LogP contribution in [0.15, 0.2) is 29.2 Å². The van der Waals surface area contributed by atoms with Crippen LogP contribution in [-0.4, -0.2) is 50.3 Å². The van der Waals surface area contributed by atoms with Gasteiger partial charge >= 0.3 is 5.97 Å². The van der Waals surface area contributed by atoms with E-state index in [1.54, 1.807) is 24.3 Å². The summed E-state index contributed by atoms with van der Waals surface area (Å²) >= 11 is 0. The number of ether oxygens (including phenoxy) is 1. The van der Waals surface area contributed by atoms with E-state index < -0.39 is 16.0 Å². The molecule has 0 radical (unpaired) electrons. The van der Waals surface area contributed by atoms with Gasteiger partial charge in [-0.25, -0.2) is 8.42 Å². The number of carbonyl (C=O) groups excluding carboxylic acids is 2. The molecular weight excluding hydrogens is 392 g/mol. The molecule has 1 aromatic carbocycles. The number of piperidine rings is 1. The Morgan fingerprint density at radius 2 is 1.79 bits per heavy atom. The minimum absolute atomic E-state index is 0.0610. The van der Waals surface area contributed by atoms with Crippen molar-refractivity contribution in [3.05, 3.63) is 29.8 Å². The first-order valence-electron chi connectivity index (χ1n) is 10.4. The smallest absolute Gasteiger partial charge is 0.306 e. The summed E-state index contributed by atoms with van der Waals surface area (Å²) in [7, 11) is -3.45. The van der Waals surface area contributed by atoms with Gasteiger partial charge in [-0.2, -0.15) is 4.31 Å². The monoisotopic (exact) mass is 424 g/mol. The number of hydrogen-bond acceptors (Lipinski definition) is 5. The molecule has 0 bridgehead atoms. The molecule has 0 saturated carbocycles. The van der Waals surface area contributed by atoms with Gasteiger partial charge in [-0.3, -0.25) is 9.59 Å². The van der Waals surface area contributed by atoms with Crippen LogP contribution in [0.1, 0.15) is 57.9 Å². The van der Waals surface area contributed by atoms with Crippen LogP contribution in [-0.2, 0) is 30.8 Å². The molecule has 0 aliphatic carbocycles. The van der Waals surface area contributed by atoms with Gasteiger partial charge in [0.05, 0.1) is 4.90 Å². The Kier molecular flexibility index (Phi) is 9.10. The highest BCUT2D eigenvalue weighted by Crippen LogP contribution is 2.21. The molecule has 29 heavy (non-hydrogen) atoms. The Hall–Kier alpha value is -1.93. The molecule has 2 rings (SSSR count). The average molecular weight is 425 g/mol. The molecule has 1 heterocycles. The highest BCUT2D eigenvalue weighted by atomic mass is 32.2. The van der Waals surface area contributed by atoms with Crippen molar-refractivity contribution in [3.8, 4) is 0 Å². The number of esters is 1. The third kappa shape index (κ3) is 7.44. The zero-order chi connectivity index (χ0) is 21.3. The van der Waals surface area contributed by atoms with E-state index in [1.165, 1.54) is 4.31 Å². The van der Waals surface area contributed by atoms with Crippen LogP contribution >= 0.6 is 0 Å². The normalized spacial score (nSPS) is 16.2. The van der Waals surface area contributed by atoms with E-state index in [1.807, 2.05) is 13.8 Å². The van der Waals surface area contributed by atoms with E-state index >= 15 is 0 Å². The lowest BCUT2D eigenvalue weighted by molar-refractivity contribution is -0.148. The van der Waals surface area contributed by atoms with E-state index in [2.05, 4.69) is 5.32 Å². The lowest BCUT2D eigenvalue weighted by Gasteiger charge is -2.25. The summed E-state index contributed by atoms with van der Waals surface area (Å²) in [4.78, 5) is 23.9. The van der Waals surface area contributed by atoms with Crippen molar-refractivity contribution in [2.75, 3.05) is 19.7 Å². The summed E-state index contributed by atoms with van der Waals surface area (Å²) in [6, 6.07) is 6.69. The van der Waals surface area contributed by atoms with Gasteiger partial charge < -0.3 is 10.1 Å². The van der Waals surface area contributed by atoms with Crippen LogP contribution in [0.5, 0.6) is 0 Å². The largest absolute Gasteiger partial charge is 0.456 e. The standard InChI is InChI=1S/C21H32N2O5S/c1-3-7-17(2)22-20(24)16-28-21(25)13-10-18-8-11-19(12-9-18)29(26,27)23-14-5-4-6-15-23/h8-9,11-12,17H,3-7,10,13-16H2,1-2H3,(H,22,24)/t17-/m0/s1. The predicted octanol–water partition coefficient (Wildman–Crippen LogP) is 2.64. The number of hydrogen-bond donors (Lipinski definition) is 1. The number of carbonyl (C=O) groups is 2. The van der Waals surface area contributed by atoms with E-state index in [0.717, 1.165) is 37.7 Å². The van der Waals surface area contributed by atoms with E-state index in [0.29, 0.717) is 19.5 Å². The Labute approximate surface area is 173 Å². The predicted molar refractivity (Wildman–Crippen MR) is 111 cm³/mol. The molecule has 1 amide bonds. The molecule has 7 nitrogen and oxygen atoms in total. The van der Waals surface area contributed by atoms with Gasteiger partial charge in [0, 0.05) is 25.6 Å². The number of aryl methyl sites for hydroxylation is 1. The van der Waals surface area contributed by atoms with E-state index in [4.69, 9.17) is 4.74 Å². The summed E-state index contributed by atoms with van der Waals surface area (Å²) in [5.74, 6) is -0.750. The second-order valence-electron chi connectivity index (χ2n) is 7.53. The maximum absolute atomic E-state index is 12.6. The Morgan fingerprint density at radius 3 is 2.41 bits per heavy atom. The van der Waals surface area contributed by atoms with Gasteiger partial charge in [-0.1, -0.05) is 31.9 Å². The average Bonchev–Trinajstić information content (AvgIpc) is 2.72. The molecule has 1 saturated heterocycles. The van der Waals surface area contributed by atoms with Gasteiger partial charge in [0.1, 0.15) is 0 Å². The Bertz CT molecular complexity index is 771. The maximum Gasteiger partial charge on any atom is 0.306 e. The molecule has 0 spiro atoms. The number of nitrogens with one attached hydrogen (secondary N) is 1. The molecule has 162 valence electrons. The molecule has 0 unspecified atom stereocenters. The topological polar surface area (TPSA) is 92.8 Å². The van der Waals surface area contributed by atoms with Crippen molar-refractivity contribution in [1.82, 2.24) is 9.62 Å². The summed E-state index contributed by atoms with van der Waals surface area (Å²) in [5, 5.41) is 2.78. The lowest BCUT2D eigenvalue weighted by Crippen LogP contribution is -2.35. The van der Waals surface area contributed by atoms with Crippen LogP contribution in [0.2, 0.25) is 0 Å². The van der Waals surface area contributed by atoms with Gasteiger partial charge in [0.15, 0.2) is 6.61 Å². The first-order valence-corrected chi connectivity index (χ1v) is 11.8. The summed E-state index contributed by atoms with van der Waals surface area (Å²) in [5.41, 5.74) is 0.848. The zero-order valence-corrected chi connectivity index (χ0v) is 18.2. The maximum atomic E-state index is 12.6. The van der Waals surface area contributed by atoms with Crippen molar-refractivity contribution >= 4 is 21.9 Å². The summed E-state index contributed by atoms with van der Waals surface area (Å²) in [6.45, 7) is 4.82. The third-order valence-corrected chi connectivity index (χ3v) is 6.90. The first kappa shape index (κ1) is 23.3. The van der Waals surface area contributed by atoms with E-state index in [9.17, 15) is 18.0 Å². The molecule has 0 aromatic heterocycles. The molecule has 1 aromatic rings. The quantitative estimate of drug-likeness (QED) is 0.583. The van der Waals surface area contributed by atoms with Crippen LogP contribution in [0.3, 0.4) is 0 Å². The van der Waals surface area contributed by atoms with Crippen LogP contribution in [0.4, 0.5) is 0 Å². The zero-order valence-electron chi connectivity index (χ0n) is 17.4. The number of sulfonamides is 1. The van der Waals surface area contributed by atoms with Crippen LogP contribution < -0.4 is 5.32 Å². The number of nitrogens with zero attached hydrogens (tertiary/aromatic N) is 1. The second kappa shape index (κ2) is 11.3. The fourth-order valence-electron chi connectivity index (χ4n) is 3.37. The van der Waals surface area contributed by atoms with Gasteiger partial charge in [0.25, 0.3) is 5.91 Å². The summed E-state index contributed by atoms with van der Waals surface area (Å²) in [6.07, 6.45) is 5.28. The van der Waals surface area contributed by atoms with Crippen molar-refractivity contribution in [3.63, 3.8) is 0 Å². The molecular formula is C21H32N2O5S. The van der Waals surface area contributed by atoms with Crippen molar-refractivity contribution in [1.29, 1.82) is 0 Å². The highest BCUT2D eigenvalue weighted by molar-refractivity contribution is 7.89. The Morgan fingerprint density at radius 1 is 1.14 bits per heavy atom. The third-order valence-electron chi connectivity index (χ3n) is 4.99. The first-order chi connectivity index (χ1) is 13.8. The number of benzene rings is 1. The number of amides is 1. The van der Waals surface area contributed by atoms with Crippen molar-refractivity contribution < 1.29 is 22.7 Å². The second-order valence-corrected chi connectivity index (χ2v) is 9.46. The summed E-state index contributed by atoms with van der Waals surface area (Å²) < 4.78 is 31.8. The van der Waals surface area contributed by atoms with Gasteiger partial charge in [0.2, 0.25) is 10.0 Å². The van der Waals surface area contributed by atoms with Gasteiger partial charge in [-0.05, 0) is 50.3 Å². The molecule has 1 fully saturated rings. The highest BCUT2D eigenvalue weighted by Gasteiger charge is 2.25. The fraction of sp³-hybridized carbons (Fsp3) is 0.619. The number of rotatable bonds is 10. The fourth-order valence-corrected chi connectivity index (χ4v) is 4.89. The van der Waals surface area contributed by atoms with Crippen molar-refractivity contribution in [2.45, 2.75) is 69.7 Å². The van der Waals surface area contributed by atoms with Gasteiger partial charge in [-0.15, -0.1) is 0 Å². The molecule has 1 aliphatic rings. The Balaban J connectivity index is 1.78. The van der Waals surface area contributed by atoms with Crippen molar-refractivity contribution in [2.24, 2.45) is 0 Å². The lowest BCUT2D eigenvalue weighted by atomic mass is 10.1. The van der Waals surface area contributed by atoms with Crippen LogP contribution in [0.25, 0.3) is 0 Å².